The largest absolute Gasteiger partial charge is 0.455 e. The molecule has 0 saturated carbocycles. The molecule has 0 fully saturated rings. The lowest BCUT2D eigenvalue weighted by atomic mass is 9.90. The van der Waals surface area contributed by atoms with E-state index in [9.17, 15) is 0 Å². The molecule has 2 heterocycles. The normalized spacial score (nSPS) is 11.7. The molecule has 4 heteroatoms. The molecule has 2 aromatic heterocycles. The van der Waals surface area contributed by atoms with Gasteiger partial charge in [0, 0.05) is 38.4 Å². The quantitative estimate of drug-likeness (QED) is 0.164. The lowest BCUT2D eigenvalue weighted by Crippen LogP contribution is -2.00. The third-order valence-corrected chi connectivity index (χ3v) is 11.7. The van der Waals surface area contributed by atoms with Crippen LogP contribution in [0.1, 0.15) is 0 Å². The van der Waals surface area contributed by atoms with Crippen molar-refractivity contribution >= 4 is 65.0 Å². The van der Waals surface area contributed by atoms with Gasteiger partial charge >= 0.3 is 0 Å². The van der Waals surface area contributed by atoms with Crippen LogP contribution >= 0.6 is 0 Å². The standard InChI is InChI=1S/C55H33N3O/c1-3-14-35(15-4-1)53-56-54(36-16-5-2-6-17-36)58-55(57-53)37-28-26-34(27-29-37)39-24-13-25-47-50-33-48(44-22-11-12-23-46(44)52(50)59-51(39)47)38-30-31-45-42-20-8-7-18-40(42)41-19-9-10-21-43(41)49(45)32-38/h1-33H. The highest BCUT2D eigenvalue weighted by atomic mass is 16.3. The number of aromatic nitrogens is 3. The summed E-state index contributed by atoms with van der Waals surface area (Å²) in [6.45, 7) is 0. The monoisotopic (exact) mass is 751 g/mol. The van der Waals surface area contributed by atoms with Crippen LogP contribution in [-0.2, 0) is 0 Å². The number of rotatable bonds is 5. The van der Waals surface area contributed by atoms with Crippen LogP contribution < -0.4 is 0 Å². The first-order valence-corrected chi connectivity index (χ1v) is 19.9. The second kappa shape index (κ2) is 13.3. The zero-order valence-corrected chi connectivity index (χ0v) is 31.8. The molecule has 0 atom stereocenters. The highest BCUT2D eigenvalue weighted by Crippen LogP contribution is 2.44. The van der Waals surface area contributed by atoms with Gasteiger partial charge in [0.25, 0.3) is 0 Å². The number of hydrogen-bond donors (Lipinski definition) is 0. The molecule has 0 spiro atoms. The summed E-state index contributed by atoms with van der Waals surface area (Å²) in [4.78, 5) is 14.8. The fourth-order valence-electron chi connectivity index (χ4n) is 8.90. The Hall–Kier alpha value is -7.95. The van der Waals surface area contributed by atoms with Crippen LogP contribution in [0.25, 0.3) is 121 Å². The van der Waals surface area contributed by atoms with Crippen molar-refractivity contribution < 1.29 is 4.42 Å². The maximum absolute atomic E-state index is 6.93. The molecule has 0 amide bonds. The summed E-state index contributed by atoms with van der Waals surface area (Å²) < 4.78 is 6.93. The van der Waals surface area contributed by atoms with Gasteiger partial charge < -0.3 is 4.42 Å². The van der Waals surface area contributed by atoms with Crippen molar-refractivity contribution in [3.8, 4) is 56.4 Å². The summed E-state index contributed by atoms with van der Waals surface area (Å²) >= 11 is 0. The molecule has 0 N–H and O–H groups in total. The van der Waals surface area contributed by atoms with E-state index in [2.05, 4.69) is 140 Å². The van der Waals surface area contributed by atoms with Crippen molar-refractivity contribution in [1.82, 2.24) is 15.0 Å². The molecule has 0 aliphatic carbocycles. The van der Waals surface area contributed by atoms with Gasteiger partial charge in [-0.1, -0.05) is 188 Å². The summed E-state index contributed by atoms with van der Waals surface area (Å²) in [5.74, 6) is 1.91. The highest BCUT2D eigenvalue weighted by molar-refractivity contribution is 6.26. The fourth-order valence-corrected chi connectivity index (χ4v) is 8.90. The SMILES string of the molecule is c1ccc(-c2nc(-c3ccccc3)nc(-c3ccc(-c4cccc5c4oc4c6ccccc6c(-c6ccc7c8ccccc8c8ccccc8c7c6)cc54)cc3)n2)cc1. The van der Waals surface area contributed by atoms with Crippen molar-refractivity contribution in [3.63, 3.8) is 0 Å². The molecule has 0 aliphatic heterocycles. The number of nitrogens with zero attached hydrogens (tertiary/aromatic N) is 3. The summed E-state index contributed by atoms with van der Waals surface area (Å²) in [7, 11) is 0. The molecule has 59 heavy (non-hydrogen) atoms. The number of benzene rings is 10. The van der Waals surface area contributed by atoms with Crippen molar-refractivity contribution in [1.29, 1.82) is 0 Å². The predicted octanol–water partition coefficient (Wildman–Crippen LogP) is 14.7. The van der Waals surface area contributed by atoms with E-state index >= 15 is 0 Å². The van der Waals surface area contributed by atoms with E-state index in [-0.39, 0.29) is 0 Å². The highest BCUT2D eigenvalue weighted by Gasteiger charge is 2.19. The fraction of sp³-hybridized carbons (Fsp3) is 0. The minimum atomic E-state index is 0.625. The van der Waals surface area contributed by atoms with Crippen LogP contribution in [0.4, 0.5) is 0 Å². The van der Waals surface area contributed by atoms with E-state index in [4.69, 9.17) is 19.4 Å². The summed E-state index contributed by atoms with van der Waals surface area (Å²) in [6.07, 6.45) is 0. The van der Waals surface area contributed by atoms with E-state index in [0.29, 0.717) is 17.5 Å². The van der Waals surface area contributed by atoms with Crippen LogP contribution in [0.5, 0.6) is 0 Å². The molecule has 274 valence electrons. The number of hydrogen-bond acceptors (Lipinski definition) is 4. The first-order valence-electron chi connectivity index (χ1n) is 19.9. The van der Waals surface area contributed by atoms with Gasteiger partial charge in [-0.05, 0) is 66.5 Å². The van der Waals surface area contributed by atoms with Gasteiger partial charge in [0.15, 0.2) is 17.5 Å². The van der Waals surface area contributed by atoms with E-state index in [0.717, 1.165) is 60.5 Å². The Bertz CT molecular complexity index is 3500. The third-order valence-electron chi connectivity index (χ3n) is 11.7. The minimum Gasteiger partial charge on any atom is -0.455 e. The van der Waals surface area contributed by atoms with Crippen molar-refractivity contribution in [2.24, 2.45) is 0 Å². The van der Waals surface area contributed by atoms with Crippen LogP contribution in [0.2, 0.25) is 0 Å². The van der Waals surface area contributed by atoms with Crippen LogP contribution in [-0.4, -0.2) is 15.0 Å². The summed E-state index contributed by atoms with van der Waals surface area (Å²) in [5.41, 5.74) is 9.02. The third kappa shape index (κ3) is 5.42. The number of para-hydroxylation sites is 1. The van der Waals surface area contributed by atoms with Gasteiger partial charge in [0.05, 0.1) is 0 Å². The molecule has 12 rings (SSSR count). The molecule has 4 nitrogen and oxygen atoms in total. The zero-order chi connectivity index (χ0) is 38.9. The lowest BCUT2D eigenvalue weighted by molar-refractivity contribution is 0.674. The number of fused-ring (bicyclic) bond motifs is 11. The van der Waals surface area contributed by atoms with Crippen LogP contribution in [0, 0.1) is 0 Å². The molecular formula is C55H33N3O. The Morgan fingerprint density at radius 1 is 0.237 bits per heavy atom. The molecule has 10 aromatic carbocycles. The molecule has 0 bridgehead atoms. The second-order valence-corrected chi connectivity index (χ2v) is 15.1. The van der Waals surface area contributed by atoms with Gasteiger partial charge in [0.1, 0.15) is 11.2 Å². The first kappa shape index (κ1) is 33.2. The Morgan fingerprint density at radius 3 is 1.25 bits per heavy atom. The number of furan rings is 1. The Morgan fingerprint density at radius 2 is 0.661 bits per heavy atom. The summed E-state index contributed by atoms with van der Waals surface area (Å²) in [5, 5.41) is 12.1. The lowest BCUT2D eigenvalue weighted by Gasteiger charge is -2.13. The zero-order valence-electron chi connectivity index (χ0n) is 31.8. The smallest absolute Gasteiger partial charge is 0.164 e. The molecule has 0 aliphatic rings. The Kier molecular flexibility index (Phi) is 7.50. The van der Waals surface area contributed by atoms with E-state index in [1.807, 2.05) is 60.7 Å². The van der Waals surface area contributed by atoms with Crippen LogP contribution in [0.3, 0.4) is 0 Å². The maximum Gasteiger partial charge on any atom is 0.164 e. The van der Waals surface area contributed by atoms with E-state index in [1.54, 1.807) is 0 Å². The average molecular weight is 752 g/mol. The first-order chi connectivity index (χ1) is 29.2. The van der Waals surface area contributed by atoms with E-state index < -0.39 is 0 Å². The molecule has 0 unspecified atom stereocenters. The maximum atomic E-state index is 6.93. The molecule has 0 saturated heterocycles. The second-order valence-electron chi connectivity index (χ2n) is 15.1. The van der Waals surface area contributed by atoms with Crippen LogP contribution in [0.15, 0.2) is 205 Å². The van der Waals surface area contributed by atoms with Gasteiger partial charge in [-0.2, -0.15) is 0 Å². The van der Waals surface area contributed by atoms with Crippen molar-refractivity contribution in [2.75, 3.05) is 0 Å². The molecular weight excluding hydrogens is 719 g/mol. The molecule has 12 aromatic rings. The topological polar surface area (TPSA) is 51.8 Å². The van der Waals surface area contributed by atoms with Gasteiger partial charge in [-0.3, -0.25) is 0 Å². The average Bonchev–Trinajstić information content (AvgIpc) is 3.71. The van der Waals surface area contributed by atoms with Crippen molar-refractivity contribution in [3.05, 3.63) is 200 Å². The minimum absolute atomic E-state index is 0.625. The predicted molar refractivity (Wildman–Crippen MR) is 244 cm³/mol. The van der Waals surface area contributed by atoms with Crippen molar-refractivity contribution in [2.45, 2.75) is 0 Å². The van der Waals surface area contributed by atoms with Gasteiger partial charge in [0.2, 0.25) is 0 Å². The Labute approximate surface area is 339 Å². The van der Waals surface area contributed by atoms with Gasteiger partial charge in [-0.15, -0.1) is 0 Å². The van der Waals surface area contributed by atoms with Gasteiger partial charge in [-0.25, -0.2) is 15.0 Å². The molecule has 0 radical (unpaired) electrons. The van der Waals surface area contributed by atoms with E-state index in [1.165, 1.54) is 43.4 Å². The summed E-state index contributed by atoms with van der Waals surface area (Å²) in [6, 6.07) is 70.5. The Balaban J connectivity index is 0.994.